The summed E-state index contributed by atoms with van der Waals surface area (Å²) in [5.41, 5.74) is 9.76. The van der Waals surface area contributed by atoms with E-state index >= 15 is 0 Å². The second kappa shape index (κ2) is 24.5. The summed E-state index contributed by atoms with van der Waals surface area (Å²) in [5.74, 6) is 1.29. The zero-order valence-corrected chi connectivity index (χ0v) is 42.2. The molecular weight excluding hydrogens is 923 g/mol. The van der Waals surface area contributed by atoms with Gasteiger partial charge in [0.1, 0.15) is 11.4 Å². The fourth-order valence-corrected chi connectivity index (χ4v) is 9.06. The summed E-state index contributed by atoms with van der Waals surface area (Å²) in [6, 6.07) is 46.7. The van der Waals surface area contributed by atoms with Crippen molar-refractivity contribution in [2.24, 2.45) is 0 Å². The van der Waals surface area contributed by atoms with E-state index in [1.54, 1.807) is 30.3 Å². The largest absolute Gasteiger partial charge is 1.00 e. The number of ether oxygens (including phenoxy) is 1. The van der Waals surface area contributed by atoms with Crippen LogP contribution < -0.4 is 39.4 Å². The average Bonchev–Trinajstić information content (AvgIpc) is 3.39. The molecule has 0 radical (unpaired) electrons. The molecule has 2 fully saturated rings. The van der Waals surface area contributed by atoms with Crippen molar-refractivity contribution in [2.45, 2.75) is 37.5 Å². The molecule has 10 rings (SSSR count). The number of carbonyl (C=O) groups excluding carboxylic acids is 1. The standard InChI is InChI=1S/C27H24ClN3O2.C26H22ClN3O2.CH4O.Na.H2O/c1-33-27(32)21-9-12-23-24(17-21)30-26(25(29-23)20-5-3-2-4-6-20)31-15-13-19(14-16-31)18-7-10-22(28)11-8-18;27-21-9-6-17(7-10-21)18-12-14-30(15-13-18)25-24(19-4-2-1-3-5-19)28-22-11-8-20(26(31)32)16-23(22)29-25;1-2;;/h2-12,17,19H,13-16H2,1H3;1-11,16,18H,12-15H2,(H,31,32);2H,1H3;;1H2/q;;;+1;/p-1. The summed E-state index contributed by atoms with van der Waals surface area (Å²) in [6.45, 7) is 3.46. The van der Waals surface area contributed by atoms with Gasteiger partial charge in [0.2, 0.25) is 0 Å². The molecule has 0 spiro atoms. The van der Waals surface area contributed by atoms with E-state index in [0.29, 0.717) is 33.9 Å². The Hall–Kier alpha value is -5.96. The van der Waals surface area contributed by atoms with E-state index in [4.69, 9.17) is 53.0 Å². The van der Waals surface area contributed by atoms with E-state index in [0.717, 1.165) is 109 Å². The summed E-state index contributed by atoms with van der Waals surface area (Å²) in [6.07, 6.45) is 4.06. The van der Waals surface area contributed by atoms with Gasteiger partial charge in [-0.15, -0.1) is 0 Å². The van der Waals surface area contributed by atoms with Gasteiger partial charge >= 0.3 is 41.5 Å². The van der Waals surface area contributed by atoms with Crippen molar-refractivity contribution in [2.75, 3.05) is 50.2 Å². The number of aromatic carboxylic acids is 1. The van der Waals surface area contributed by atoms with E-state index < -0.39 is 5.97 Å². The maximum absolute atomic E-state index is 12.0. The van der Waals surface area contributed by atoms with Crippen LogP contribution in [0.1, 0.15) is 69.4 Å². The number of benzene rings is 6. The predicted octanol–water partition coefficient (Wildman–Crippen LogP) is 8.59. The SMILES string of the molecule is CO.COC(=O)c1ccc2nc(-c3ccccc3)c(N3CCC(c4ccc(Cl)cc4)CC3)nc2c1.O=C(O)c1ccc2nc(-c3ccccc3)c(N3CCC(c4ccc(Cl)cc4)CC3)nc2c1.[Na+].[OH-]. The van der Waals surface area contributed by atoms with Crippen molar-refractivity contribution in [1.82, 2.24) is 19.9 Å². The molecule has 15 heteroatoms. The van der Waals surface area contributed by atoms with Crippen molar-refractivity contribution in [3.63, 3.8) is 0 Å². The van der Waals surface area contributed by atoms with Gasteiger partial charge in [0.05, 0.1) is 40.3 Å². The Morgan fingerprint density at radius 3 is 1.29 bits per heavy atom. The number of rotatable bonds is 8. The fourth-order valence-electron chi connectivity index (χ4n) is 8.81. The predicted molar refractivity (Wildman–Crippen MR) is 270 cm³/mol. The quantitative estimate of drug-likeness (QED) is 0.110. The topological polar surface area (TPSA) is 172 Å². The summed E-state index contributed by atoms with van der Waals surface area (Å²) in [5, 5.41) is 17.9. The van der Waals surface area contributed by atoms with Crippen LogP contribution >= 0.6 is 23.2 Å². The number of nitrogens with zero attached hydrogens (tertiary/aromatic N) is 6. The molecule has 12 nitrogen and oxygen atoms in total. The van der Waals surface area contributed by atoms with Crippen LogP contribution in [0.25, 0.3) is 44.6 Å². The molecule has 2 saturated heterocycles. The van der Waals surface area contributed by atoms with Gasteiger partial charge in [-0.05, 0) is 109 Å². The maximum atomic E-state index is 12.0. The fraction of sp³-hybridized carbons (Fsp3) is 0.222. The molecular formula is C54H51Cl2N6NaO6. The van der Waals surface area contributed by atoms with E-state index in [-0.39, 0.29) is 46.6 Å². The first-order chi connectivity index (χ1) is 32.7. The molecule has 8 aromatic rings. The Balaban J connectivity index is 0.000000213. The summed E-state index contributed by atoms with van der Waals surface area (Å²) in [4.78, 5) is 47.8. The molecule has 2 aliphatic rings. The second-order valence-electron chi connectivity index (χ2n) is 16.4. The van der Waals surface area contributed by atoms with E-state index in [9.17, 15) is 14.7 Å². The first kappa shape index (κ1) is 52.4. The van der Waals surface area contributed by atoms with Crippen LogP contribution in [0.2, 0.25) is 10.0 Å². The number of carboxylic acid groups (broad SMARTS) is 1. The third-order valence-electron chi connectivity index (χ3n) is 12.3. The number of piperidine rings is 2. The van der Waals surface area contributed by atoms with Gasteiger partial charge in [-0.1, -0.05) is 108 Å². The number of aromatic nitrogens is 4. The third kappa shape index (κ3) is 12.4. The minimum absolute atomic E-state index is 0. The molecule has 0 aliphatic carbocycles. The summed E-state index contributed by atoms with van der Waals surface area (Å²) in [7, 11) is 2.38. The Morgan fingerprint density at radius 1 is 0.536 bits per heavy atom. The van der Waals surface area contributed by atoms with Crippen molar-refractivity contribution < 1.29 is 59.6 Å². The van der Waals surface area contributed by atoms with Crippen LogP contribution in [-0.2, 0) is 4.74 Å². The number of esters is 1. The molecule has 3 N–H and O–H groups in total. The molecule has 2 aromatic heterocycles. The van der Waals surface area contributed by atoms with Gasteiger partial charge in [0, 0.05) is 54.5 Å². The molecule has 0 saturated carbocycles. The monoisotopic (exact) mass is 972 g/mol. The van der Waals surface area contributed by atoms with Crippen molar-refractivity contribution in [3.8, 4) is 22.5 Å². The Morgan fingerprint density at radius 2 is 0.913 bits per heavy atom. The van der Waals surface area contributed by atoms with E-state index in [1.807, 2.05) is 78.9 Å². The molecule has 0 atom stereocenters. The van der Waals surface area contributed by atoms with Crippen molar-refractivity contribution in [3.05, 3.63) is 178 Å². The summed E-state index contributed by atoms with van der Waals surface area (Å²) >= 11 is 12.1. The van der Waals surface area contributed by atoms with Crippen LogP contribution in [0.3, 0.4) is 0 Å². The molecule has 69 heavy (non-hydrogen) atoms. The van der Waals surface area contributed by atoms with Gasteiger partial charge in [0.25, 0.3) is 0 Å². The molecule has 0 unspecified atom stereocenters. The number of hydrogen-bond donors (Lipinski definition) is 2. The Bertz CT molecular complexity index is 2970. The Kier molecular flexibility index (Phi) is 18.6. The first-order valence-corrected chi connectivity index (χ1v) is 23.0. The zero-order valence-electron chi connectivity index (χ0n) is 38.7. The van der Waals surface area contributed by atoms with E-state index in [1.165, 1.54) is 18.2 Å². The van der Waals surface area contributed by atoms with Gasteiger partial charge in [0.15, 0.2) is 11.6 Å². The molecule has 0 bridgehead atoms. The van der Waals surface area contributed by atoms with Crippen LogP contribution in [-0.4, -0.2) is 88.0 Å². The maximum Gasteiger partial charge on any atom is 1.00 e. The number of hydrogen-bond acceptors (Lipinski definition) is 11. The van der Waals surface area contributed by atoms with Gasteiger partial charge < -0.3 is 30.2 Å². The first-order valence-electron chi connectivity index (χ1n) is 22.2. The van der Waals surface area contributed by atoms with Gasteiger partial charge in [-0.3, -0.25) is 0 Å². The third-order valence-corrected chi connectivity index (χ3v) is 12.8. The number of aliphatic hydroxyl groups excluding tert-OH is 1. The number of methoxy groups -OCH3 is 1. The average molecular weight is 974 g/mol. The zero-order chi connectivity index (χ0) is 46.9. The number of halogens is 2. The van der Waals surface area contributed by atoms with E-state index in [2.05, 4.69) is 46.2 Å². The molecule has 348 valence electrons. The minimum atomic E-state index is -0.967. The smallest absolute Gasteiger partial charge is 0.870 e. The van der Waals surface area contributed by atoms with Crippen LogP contribution in [0.5, 0.6) is 0 Å². The van der Waals surface area contributed by atoms with Crippen LogP contribution in [0.15, 0.2) is 146 Å². The summed E-state index contributed by atoms with van der Waals surface area (Å²) < 4.78 is 4.88. The van der Waals surface area contributed by atoms with Crippen molar-refractivity contribution in [1.29, 1.82) is 0 Å². The number of carboxylic acids is 1. The van der Waals surface area contributed by atoms with Crippen LogP contribution in [0.4, 0.5) is 11.6 Å². The number of aliphatic hydroxyl groups is 1. The molecule has 6 aromatic carbocycles. The van der Waals surface area contributed by atoms with Crippen molar-refractivity contribution >= 4 is 68.8 Å². The number of fused-ring (bicyclic) bond motifs is 2. The molecule has 2 aliphatic heterocycles. The van der Waals surface area contributed by atoms with Crippen LogP contribution in [0, 0.1) is 0 Å². The Labute approximate surface area is 433 Å². The second-order valence-corrected chi connectivity index (χ2v) is 17.2. The normalized spacial score (nSPS) is 13.8. The minimum Gasteiger partial charge on any atom is -0.870 e. The number of carbonyl (C=O) groups is 2. The number of anilines is 2. The molecule has 4 heterocycles. The van der Waals surface area contributed by atoms with Gasteiger partial charge in [-0.2, -0.15) is 0 Å². The van der Waals surface area contributed by atoms with Gasteiger partial charge in [-0.25, -0.2) is 29.5 Å². The molecule has 0 amide bonds.